The van der Waals surface area contributed by atoms with E-state index in [4.69, 9.17) is 14.2 Å². The number of nitrogens with one attached hydrogen (secondary N) is 1. The second-order valence-electron chi connectivity index (χ2n) is 8.17. The van der Waals surface area contributed by atoms with Gasteiger partial charge < -0.3 is 24.3 Å². The minimum absolute atomic E-state index is 0.110. The molecule has 3 aromatic rings. The van der Waals surface area contributed by atoms with E-state index < -0.39 is 0 Å². The maximum absolute atomic E-state index is 9.24. The van der Waals surface area contributed by atoms with Crippen LogP contribution in [0.3, 0.4) is 0 Å². The number of pyridine rings is 1. The normalized spacial score (nSPS) is 19.3. The molecule has 0 amide bonds. The molecule has 5 rings (SSSR count). The van der Waals surface area contributed by atoms with Gasteiger partial charge >= 0.3 is 0 Å². The Morgan fingerprint density at radius 1 is 1.22 bits per heavy atom. The van der Waals surface area contributed by atoms with Crippen LogP contribution in [0, 0.1) is 6.92 Å². The minimum atomic E-state index is 0.110. The number of aromatic amines is 1. The van der Waals surface area contributed by atoms with E-state index in [9.17, 15) is 5.11 Å². The maximum atomic E-state index is 9.24. The molecule has 168 valence electrons. The lowest BCUT2D eigenvalue weighted by Gasteiger charge is -2.23. The van der Waals surface area contributed by atoms with Crippen LogP contribution in [0.1, 0.15) is 30.5 Å². The Morgan fingerprint density at radius 3 is 2.88 bits per heavy atom. The highest BCUT2D eigenvalue weighted by atomic mass is 32.2. The van der Waals surface area contributed by atoms with Gasteiger partial charge in [-0.2, -0.15) is 0 Å². The van der Waals surface area contributed by atoms with Gasteiger partial charge in [0.2, 0.25) is 5.88 Å². The Hall–Kier alpha value is -2.55. The Morgan fingerprint density at radius 2 is 2.09 bits per heavy atom. The van der Waals surface area contributed by atoms with E-state index in [1.54, 1.807) is 18.0 Å². The van der Waals surface area contributed by atoms with Crippen molar-refractivity contribution in [3.8, 4) is 17.4 Å². The van der Waals surface area contributed by atoms with Gasteiger partial charge in [-0.25, -0.2) is 4.98 Å². The van der Waals surface area contributed by atoms with Crippen molar-refractivity contribution in [2.24, 2.45) is 4.99 Å². The number of aryl methyl sites for hydroxylation is 1. The van der Waals surface area contributed by atoms with Crippen LogP contribution < -0.4 is 9.47 Å². The number of fused-ring (bicyclic) bond motifs is 1. The van der Waals surface area contributed by atoms with Gasteiger partial charge in [-0.3, -0.25) is 4.99 Å². The number of benzene rings is 1. The topological polar surface area (TPSA) is 89.0 Å². The lowest BCUT2D eigenvalue weighted by Crippen LogP contribution is -2.25. The molecule has 0 spiro atoms. The number of hydrogen-bond donors (Lipinski definition) is 2. The predicted molar refractivity (Wildman–Crippen MR) is 126 cm³/mol. The standard InChI is InChI=1S/C24H27N3O4S/c1-15-2-3-22(25-13-15)31-18-10-16-11-20(24-26-14-19(32-24)4-7-28)27-23(16)21(12-18)30-17-5-8-29-9-6-17/h2-3,10-13,17,19,27-28H,4-9,14H2,1H3. The van der Waals surface area contributed by atoms with Gasteiger partial charge in [-0.05, 0) is 31.0 Å². The van der Waals surface area contributed by atoms with Crippen molar-refractivity contribution in [2.75, 3.05) is 26.4 Å². The van der Waals surface area contributed by atoms with Gasteiger partial charge in [0, 0.05) is 48.4 Å². The van der Waals surface area contributed by atoms with Gasteiger partial charge in [0.05, 0.1) is 31.0 Å². The van der Waals surface area contributed by atoms with Crippen LogP contribution in [0.5, 0.6) is 17.4 Å². The van der Waals surface area contributed by atoms with Crippen molar-refractivity contribution in [1.82, 2.24) is 9.97 Å². The van der Waals surface area contributed by atoms with E-state index in [0.717, 1.165) is 58.8 Å². The summed E-state index contributed by atoms with van der Waals surface area (Å²) >= 11 is 1.71. The molecule has 8 heteroatoms. The number of aromatic nitrogens is 2. The zero-order valence-electron chi connectivity index (χ0n) is 18.0. The first-order valence-corrected chi connectivity index (χ1v) is 11.9. The molecule has 7 nitrogen and oxygen atoms in total. The van der Waals surface area contributed by atoms with E-state index in [2.05, 4.69) is 21.0 Å². The number of aliphatic hydroxyl groups excluding tert-OH is 1. The maximum Gasteiger partial charge on any atom is 0.219 e. The number of thioether (sulfide) groups is 1. The fourth-order valence-corrected chi connectivity index (χ4v) is 4.99. The molecule has 0 saturated carbocycles. The van der Waals surface area contributed by atoms with Crippen molar-refractivity contribution >= 4 is 27.7 Å². The molecule has 1 saturated heterocycles. The van der Waals surface area contributed by atoms with E-state index in [1.807, 2.05) is 31.2 Å². The van der Waals surface area contributed by atoms with Gasteiger partial charge in [0.25, 0.3) is 0 Å². The molecule has 1 atom stereocenters. The molecule has 4 heterocycles. The summed E-state index contributed by atoms with van der Waals surface area (Å²) in [7, 11) is 0. The minimum Gasteiger partial charge on any atom is -0.488 e. The van der Waals surface area contributed by atoms with Crippen molar-refractivity contribution < 1.29 is 19.3 Å². The van der Waals surface area contributed by atoms with Crippen molar-refractivity contribution in [3.05, 3.63) is 47.8 Å². The Bertz CT molecular complexity index is 1110. The second-order valence-corrected chi connectivity index (χ2v) is 9.46. The van der Waals surface area contributed by atoms with E-state index in [-0.39, 0.29) is 12.7 Å². The first-order valence-electron chi connectivity index (χ1n) is 11.0. The van der Waals surface area contributed by atoms with Gasteiger partial charge in [0.1, 0.15) is 22.6 Å². The van der Waals surface area contributed by atoms with Crippen LogP contribution in [0.4, 0.5) is 0 Å². The summed E-state index contributed by atoms with van der Waals surface area (Å²) in [5.41, 5.74) is 2.98. The molecule has 2 aliphatic heterocycles. The molecule has 0 aliphatic carbocycles. The number of hydrogen-bond acceptors (Lipinski definition) is 7. The van der Waals surface area contributed by atoms with Crippen LogP contribution >= 0.6 is 11.8 Å². The molecular formula is C24H27N3O4S. The Kier molecular flexibility index (Phi) is 6.34. The number of aliphatic hydroxyl groups is 1. The van der Waals surface area contributed by atoms with E-state index >= 15 is 0 Å². The lowest BCUT2D eigenvalue weighted by molar-refractivity contribution is 0.0260. The van der Waals surface area contributed by atoms with Crippen LogP contribution in [0.2, 0.25) is 0 Å². The zero-order chi connectivity index (χ0) is 21.9. The van der Waals surface area contributed by atoms with Crippen LogP contribution in [0.15, 0.2) is 41.5 Å². The smallest absolute Gasteiger partial charge is 0.219 e. The third kappa shape index (κ3) is 4.77. The van der Waals surface area contributed by atoms with Crippen molar-refractivity contribution in [3.63, 3.8) is 0 Å². The highest BCUT2D eigenvalue weighted by Gasteiger charge is 2.23. The van der Waals surface area contributed by atoms with Crippen LogP contribution in [-0.2, 0) is 4.74 Å². The Labute approximate surface area is 191 Å². The van der Waals surface area contributed by atoms with E-state index in [1.165, 1.54) is 0 Å². The molecule has 0 radical (unpaired) electrons. The van der Waals surface area contributed by atoms with Crippen LogP contribution in [-0.4, -0.2) is 57.8 Å². The second kappa shape index (κ2) is 9.52. The fraction of sp³-hybridized carbons (Fsp3) is 0.417. The summed E-state index contributed by atoms with van der Waals surface area (Å²) in [4.78, 5) is 12.6. The molecule has 1 aromatic carbocycles. The quantitative estimate of drug-likeness (QED) is 0.549. The lowest BCUT2D eigenvalue weighted by atomic mass is 10.1. The zero-order valence-corrected chi connectivity index (χ0v) is 18.9. The molecule has 0 bridgehead atoms. The highest BCUT2D eigenvalue weighted by Crippen LogP contribution is 2.37. The number of rotatable bonds is 7. The summed E-state index contributed by atoms with van der Waals surface area (Å²) in [6.45, 7) is 4.34. The van der Waals surface area contributed by atoms with Crippen molar-refractivity contribution in [1.29, 1.82) is 0 Å². The number of aliphatic imine (C=N–C) groups is 1. The first-order chi connectivity index (χ1) is 15.7. The first kappa shape index (κ1) is 21.3. The molecule has 32 heavy (non-hydrogen) atoms. The molecular weight excluding hydrogens is 426 g/mol. The number of H-pyrrole nitrogens is 1. The van der Waals surface area contributed by atoms with Gasteiger partial charge in [-0.1, -0.05) is 17.8 Å². The summed E-state index contributed by atoms with van der Waals surface area (Å²) in [6.07, 6.45) is 4.38. The summed E-state index contributed by atoms with van der Waals surface area (Å²) < 4.78 is 18.0. The fourth-order valence-electron chi connectivity index (χ4n) is 3.92. The average molecular weight is 454 g/mol. The molecule has 1 unspecified atom stereocenters. The van der Waals surface area contributed by atoms with Crippen LogP contribution in [0.25, 0.3) is 10.9 Å². The third-order valence-corrected chi connectivity index (χ3v) is 6.92. The summed E-state index contributed by atoms with van der Waals surface area (Å²) in [6, 6.07) is 9.87. The highest BCUT2D eigenvalue weighted by molar-refractivity contribution is 8.15. The molecule has 2 aromatic heterocycles. The molecule has 2 N–H and O–H groups in total. The Balaban J connectivity index is 1.47. The third-order valence-electron chi connectivity index (χ3n) is 5.63. The van der Waals surface area contributed by atoms with Gasteiger partial charge in [-0.15, -0.1) is 0 Å². The molecule has 2 aliphatic rings. The predicted octanol–water partition coefficient (Wildman–Crippen LogP) is 4.47. The number of nitrogens with zero attached hydrogens (tertiary/aromatic N) is 2. The SMILES string of the molecule is Cc1ccc(Oc2cc(OC3CCOCC3)c3[nH]c(C4=NCC(CCO)S4)cc3c2)nc1. The van der Waals surface area contributed by atoms with Gasteiger partial charge in [0.15, 0.2) is 0 Å². The number of ether oxygens (including phenoxy) is 3. The largest absolute Gasteiger partial charge is 0.488 e. The molecule has 1 fully saturated rings. The summed E-state index contributed by atoms with van der Waals surface area (Å²) in [5.74, 6) is 1.99. The van der Waals surface area contributed by atoms with E-state index in [0.29, 0.717) is 30.1 Å². The van der Waals surface area contributed by atoms with Crippen molar-refractivity contribution in [2.45, 2.75) is 37.5 Å². The average Bonchev–Trinajstić information content (AvgIpc) is 3.44. The monoisotopic (exact) mass is 453 g/mol. The summed E-state index contributed by atoms with van der Waals surface area (Å²) in [5, 5.41) is 11.5.